The molecule has 0 spiro atoms. The molecule has 0 aliphatic heterocycles. The number of hydrogen-bond donors (Lipinski definition) is 1. The van der Waals surface area contributed by atoms with Gasteiger partial charge in [0.1, 0.15) is 12.2 Å². The highest BCUT2D eigenvalue weighted by Gasteiger charge is 2.34. The number of guanidine groups is 1. The van der Waals surface area contributed by atoms with Gasteiger partial charge in [0.15, 0.2) is 5.96 Å². The number of pyridine rings is 1. The van der Waals surface area contributed by atoms with Crippen LogP contribution in [0.25, 0.3) is 0 Å². The third-order valence-electron chi connectivity index (χ3n) is 3.72. The Morgan fingerprint density at radius 3 is 2.73 bits per heavy atom. The second-order valence-corrected chi connectivity index (χ2v) is 5.64. The maximum atomic E-state index is 12.9. The van der Waals surface area contributed by atoms with E-state index in [-0.39, 0.29) is 13.2 Å². The predicted molar refractivity (Wildman–Crippen MR) is 93.0 cm³/mol. The van der Waals surface area contributed by atoms with Gasteiger partial charge in [-0.3, -0.25) is 4.99 Å². The van der Waals surface area contributed by atoms with Gasteiger partial charge in [0.2, 0.25) is 5.88 Å². The van der Waals surface area contributed by atoms with Crippen molar-refractivity contribution < 1.29 is 17.9 Å². The van der Waals surface area contributed by atoms with Crippen LogP contribution in [0.3, 0.4) is 0 Å². The maximum absolute atomic E-state index is 12.9. The van der Waals surface area contributed by atoms with Crippen molar-refractivity contribution in [3.8, 4) is 5.88 Å². The standard InChI is InChI=1S/C17H22F3N5O/c1-21-16(25(3)12-13-6-5-10-24(13)2)23-9-11-26-15-14(17(18,19)20)7-4-8-22-15/h4-8,10H,9,11-12H2,1-3H3,(H,21,23). The molecule has 2 rings (SSSR count). The van der Waals surface area contributed by atoms with E-state index in [1.54, 1.807) is 7.05 Å². The number of halogens is 3. The molecule has 0 atom stereocenters. The number of alkyl halides is 3. The van der Waals surface area contributed by atoms with Gasteiger partial charge < -0.3 is 19.5 Å². The highest BCUT2D eigenvalue weighted by molar-refractivity contribution is 5.79. The lowest BCUT2D eigenvalue weighted by Gasteiger charge is -2.22. The Labute approximate surface area is 150 Å². The highest BCUT2D eigenvalue weighted by Crippen LogP contribution is 2.34. The van der Waals surface area contributed by atoms with Crippen LogP contribution in [0.5, 0.6) is 5.88 Å². The second-order valence-electron chi connectivity index (χ2n) is 5.64. The summed E-state index contributed by atoms with van der Waals surface area (Å²) in [7, 11) is 5.48. The molecule has 0 aliphatic carbocycles. The van der Waals surface area contributed by atoms with Crippen LogP contribution >= 0.6 is 0 Å². The number of nitrogens with one attached hydrogen (secondary N) is 1. The molecule has 0 aromatic carbocycles. The smallest absolute Gasteiger partial charge is 0.421 e. The Kier molecular flexibility index (Phi) is 6.48. The third kappa shape index (κ3) is 5.14. The molecule has 0 saturated carbocycles. The van der Waals surface area contributed by atoms with Crippen molar-refractivity contribution in [3.63, 3.8) is 0 Å². The van der Waals surface area contributed by atoms with Crippen molar-refractivity contribution in [1.29, 1.82) is 0 Å². The van der Waals surface area contributed by atoms with E-state index in [0.29, 0.717) is 12.5 Å². The summed E-state index contributed by atoms with van der Waals surface area (Å²) < 4.78 is 45.9. The van der Waals surface area contributed by atoms with E-state index in [0.717, 1.165) is 11.8 Å². The molecule has 2 aromatic rings. The lowest BCUT2D eigenvalue weighted by atomic mass is 10.2. The SMILES string of the molecule is CN=C(NCCOc1ncccc1C(F)(F)F)N(C)Cc1cccn1C. The fraction of sp³-hybridized carbons (Fsp3) is 0.412. The van der Waals surface area contributed by atoms with Gasteiger partial charge in [0.05, 0.1) is 13.1 Å². The van der Waals surface area contributed by atoms with E-state index in [1.165, 1.54) is 12.3 Å². The van der Waals surface area contributed by atoms with Gasteiger partial charge in [-0.1, -0.05) is 0 Å². The van der Waals surface area contributed by atoms with Crippen LogP contribution in [0.2, 0.25) is 0 Å². The first-order valence-electron chi connectivity index (χ1n) is 8.00. The Bertz CT molecular complexity index is 742. The van der Waals surface area contributed by atoms with E-state index in [2.05, 4.69) is 15.3 Å². The van der Waals surface area contributed by atoms with E-state index >= 15 is 0 Å². The van der Waals surface area contributed by atoms with Crippen LogP contribution in [0.1, 0.15) is 11.3 Å². The van der Waals surface area contributed by atoms with Gasteiger partial charge >= 0.3 is 6.18 Å². The monoisotopic (exact) mass is 369 g/mol. The van der Waals surface area contributed by atoms with E-state index in [4.69, 9.17) is 4.74 Å². The number of aryl methyl sites for hydroxylation is 1. The van der Waals surface area contributed by atoms with Crippen LogP contribution in [-0.4, -0.2) is 47.7 Å². The van der Waals surface area contributed by atoms with Crippen molar-refractivity contribution in [2.45, 2.75) is 12.7 Å². The maximum Gasteiger partial charge on any atom is 0.421 e. The summed E-state index contributed by atoms with van der Waals surface area (Å²) in [6.07, 6.45) is -1.27. The summed E-state index contributed by atoms with van der Waals surface area (Å²) in [6, 6.07) is 6.14. The Hall–Kier alpha value is -2.71. The van der Waals surface area contributed by atoms with Crippen molar-refractivity contribution in [2.24, 2.45) is 12.0 Å². The Balaban J connectivity index is 1.86. The van der Waals surface area contributed by atoms with Crippen LogP contribution < -0.4 is 10.1 Å². The minimum Gasteiger partial charge on any atom is -0.475 e. The minimum atomic E-state index is -4.50. The topological polar surface area (TPSA) is 54.7 Å². The molecular weight excluding hydrogens is 347 g/mol. The van der Waals surface area contributed by atoms with Crippen LogP contribution in [0, 0.1) is 0 Å². The van der Waals surface area contributed by atoms with Crippen molar-refractivity contribution >= 4 is 5.96 Å². The molecule has 2 heterocycles. The summed E-state index contributed by atoms with van der Waals surface area (Å²) in [4.78, 5) is 9.75. The molecule has 0 unspecified atom stereocenters. The number of ether oxygens (including phenoxy) is 1. The van der Waals surface area contributed by atoms with Crippen molar-refractivity contribution in [2.75, 3.05) is 27.2 Å². The summed E-state index contributed by atoms with van der Waals surface area (Å²) in [5, 5.41) is 3.06. The van der Waals surface area contributed by atoms with Crippen LogP contribution in [0.15, 0.2) is 41.7 Å². The molecule has 142 valence electrons. The molecule has 0 aliphatic rings. The van der Waals surface area contributed by atoms with E-state index in [9.17, 15) is 13.2 Å². The van der Waals surface area contributed by atoms with Gasteiger partial charge in [0.25, 0.3) is 0 Å². The second kappa shape index (κ2) is 8.59. The summed E-state index contributed by atoms with van der Waals surface area (Å²) >= 11 is 0. The van der Waals surface area contributed by atoms with Crippen molar-refractivity contribution in [1.82, 2.24) is 19.8 Å². The highest BCUT2D eigenvalue weighted by atomic mass is 19.4. The molecule has 0 saturated heterocycles. The molecule has 0 fully saturated rings. The van der Waals surface area contributed by atoms with Gasteiger partial charge in [-0.05, 0) is 24.3 Å². The molecule has 2 aromatic heterocycles. The Morgan fingerprint density at radius 2 is 2.12 bits per heavy atom. The molecule has 6 nitrogen and oxygen atoms in total. The zero-order chi connectivity index (χ0) is 19.2. The van der Waals surface area contributed by atoms with Crippen LogP contribution in [-0.2, 0) is 19.8 Å². The third-order valence-corrected chi connectivity index (χ3v) is 3.72. The molecule has 0 bridgehead atoms. The average Bonchev–Trinajstić information content (AvgIpc) is 2.99. The first-order valence-corrected chi connectivity index (χ1v) is 8.00. The van der Waals surface area contributed by atoms with Crippen LogP contribution in [0.4, 0.5) is 13.2 Å². The zero-order valence-electron chi connectivity index (χ0n) is 14.9. The average molecular weight is 369 g/mol. The molecule has 9 heteroatoms. The lowest BCUT2D eigenvalue weighted by molar-refractivity contribution is -0.139. The number of aromatic nitrogens is 2. The number of hydrogen-bond acceptors (Lipinski definition) is 3. The molecule has 0 amide bonds. The molecule has 26 heavy (non-hydrogen) atoms. The fourth-order valence-corrected chi connectivity index (χ4v) is 2.40. The first-order chi connectivity index (χ1) is 12.3. The normalized spacial score (nSPS) is 12.2. The van der Waals surface area contributed by atoms with E-state index < -0.39 is 17.6 Å². The van der Waals surface area contributed by atoms with Gasteiger partial charge in [-0.2, -0.15) is 13.2 Å². The summed E-state index contributed by atoms with van der Waals surface area (Å²) in [5.41, 5.74) is 0.222. The molecule has 0 radical (unpaired) electrons. The number of rotatable bonds is 6. The lowest BCUT2D eigenvalue weighted by Crippen LogP contribution is -2.40. The van der Waals surface area contributed by atoms with Gasteiger partial charge in [-0.15, -0.1) is 0 Å². The van der Waals surface area contributed by atoms with Gasteiger partial charge in [-0.25, -0.2) is 4.98 Å². The molecule has 1 N–H and O–H groups in total. The zero-order valence-corrected chi connectivity index (χ0v) is 14.9. The molecular formula is C17H22F3N5O. The van der Waals surface area contributed by atoms with Gasteiger partial charge in [0, 0.05) is 39.2 Å². The number of aliphatic imine (C=N–C) groups is 1. The summed E-state index contributed by atoms with van der Waals surface area (Å²) in [6.45, 7) is 0.956. The minimum absolute atomic E-state index is 0.0249. The van der Waals surface area contributed by atoms with Crippen molar-refractivity contribution in [3.05, 3.63) is 47.9 Å². The number of nitrogens with zero attached hydrogens (tertiary/aromatic N) is 4. The first kappa shape index (κ1) is 19.6. The summed E-state index contributed by atoms with van der Waals surface area (Å²) in [5.74, 6) is 0.195. The largest absolute Gasteiger partial charge is 0.475 e. The predicted octanol–water partition coefficient (Wildman–Crippen LogP) is 2.53. The fourth-order valence-electron chi connectivity index (χ4n) is 2.40. The Morgan fingerprint density at radius 1 is 1.35 bits per heavy atom. The van der Waals surface area contributed by atoms with E-state index in [1.807, 2.05) is 41.9 Å². The quantitative estimate of drug-likeness (QED) is 0.483.